The largest absolute Gasteiger partial charge is 0.478 e. The Morgan fingerprint density at radius 3 is 2.38 bits per heavy atom. The van der Waals surface area contributed by atoms with E-state index < -0.39 is 38.2 Å². The standard InChI is InChI=1S/C19H19F3N2O4S/c20-19(21,22)13-4-1-3-12(11-13)15-5-2-6-16(17(15)18(25)26)29(27,28)24-14-7-9-23-10-8-14/h1-6,11,14,23-24H,7-10H2,(H,25,26). The van der Waals surface area contributed by atoms with Crippen molar-refractivity contribution in [2.75, 3.05) is 13.1 Å². The molecule has 0 spiro atoms. The van der Waals surface area contributed by atoms with Gasteiger partial charge in [0.05, 0.1) is 16.0 Å². The molecule has 0 saturated carbocycles. The van der Waals surface area contributed by atoms with Gasteiger partial charge in [0.1, 0.15) is 0 Å². The predicted molar refractivity (Wildman–Crippen MR) is 100 cm³/mol. The number of nitrogens with one attached hydrogen (secondary N) is 2. The Labute approximate surface area is 165 Å². The third-order valence-electron chi connectivity index (χ3n) is 4.69. The number of hydrogen-bond acceptors (Lipinski definition) is 4. The minimum Gasteiger partial charge on any atom is -0.478 e. The molecular formula is C19H19F3N2O4S. The Morgan fingerprint density at radius 2 is 1.76 bits per heavy atom. The highest BCUT2D eigenvalue weighted by atomic mass is 32.2. The number of carboxylic acids is 1. The molecule has 0 aliphatic carbocycles. The van der Waals surface area contributed by atoms with Gasteiger partial charge in [0, 0.05) is 6.04 Å². The second-order valence-electron chi connectivity index (χ2n) is 6.71. The molecule has 0 aromatic heterocycles. The molecule has 1 fully saturated rings. The summed E-state index contributed by atoms with van der Waals surface area (Å²) in [6.45, 7) is 1.26. The number of benzene rings is 2. The van der Waals surface area contributed by atoms with E-state index in [0.29, 0.717) is 25.9 Å². The minimum atomic E-state index is -4.61. The fraction of sp³-hybridized carbons (Fsp3) is 0.316. The molecule has 0 unspecified atom stereocenters. The lowest BCUT2D eigenvalue weighted by atomic mass is 9.98. The Bertz CT molecular complexity index is 1020. The molecule has 6 nitrogen and oxygen atoms in total. The van der Waals surface area contributed by atoms with E-state index in [2.05, 4.69) is 10.0 Å². The Balaban J connectivity index is 2.08. The smallest absolute Gasteiger partial charge is 0.416 e. The van der Waals surface area contributed by atoms with E-state index in [0.717, 1.165) is 24.3 Å². The predicted octanol–water partition coefficient (Wildman–Crippen LogP) is 3.10. The number of carbonyl (C=O) groups is 1. The first-order valence-electron chi connectivity index (χ1n) is 8.86. The molecular weight excluding hydrogens is 409 g/mol. The van der Waals surface area contributed by atoms with Crippen LogP contribution in [0.15, 0.2) is 47.4 Å². The SMILES string of the molecule is O=C(O)c1c(-c2cccc(C(F)(F)F)c2)cccc1S(=O)(=O)NC1CCNCC1. The van der Waals surface area contributed by atoms with Crippen LogP contribution >= 0.6 is 0 Å². The van der Waals surface area contributed by atoms with Crippen molar-refractivity contribution in [3.8, 4) is 11.1 Å². The summed E-state index contributed by atoms with van der Waals surface area (Å²) >= 11 is 0. The first-order chi connectivity index (χ1) is 13.6. The monoisotopic (exact) mass is 428 g/mol. The van der Waals surface area contributed by atoms with Gasteiger partial charge < -0.3 is 10.4 Å². The highest BCUT2D eigenvalue weighted by Gasteiger charge is 2.32. The zero-order chi connectivity index (χ0) is 21.2. The van der Waals surface area contributed by atoms with Crippen LogP contribution in [0.2, 0.25) is 0 Å². The Morgan fingerprint density at radius 1 is 1.10 bits per heavy atom. The maximum absolute atomic E-state index is 13.0. The summed E-state index contributed by atoms with van der Waals surface area (Å²) in [6, 6.07) is 7.54. The van der Waals surface area contributed by atoms with E-state index in [4.69, 9.17) is 0 Å². The van der Waals surface area contributed by atoms with Crippen LogP contribution in [0, 0.1) is 0 Å². The van der Waals surface area contributed by atoms with Gasteiger partial charge in [-0.1, -0.05) is 24.3 Å². The van der Waals surface area contributed by atoms with E-state index in [1.54, 1.807) is 0 Å². The summed E-state index contributed by atoms with van der Waals surface area (Å²) in [5.74, 6) is -1.54. The molecule has 0 radical (unpaired) electrons. The van der Waals surface area contributed by atoms with Crippen LogP contribution in [0.25, 0.3) is 11.1 Å². The molecule has 0 atom stereocenters. The lowest BCUT2D eigenvalue weighted by molar-refractivity contribution is -0.137. The van der Waals surface area contributed by atoms with Crippen molar-refractivity contribution < 1.29 is 31.5 Å². The zero-order valence-corrected chi connectivity index (χ0v) is 16.0. The molecule has 156 valence electrons. The van der Waals surface area contributed by atoms with E-state index >= 15 is 0 Å². The zero-order valence-electron chi connectivity index (χ0n) is 15.2. The molecule has 1 heterocycles. The van der Waals surface area contributed by atoms with Gasteiger partial charge in [-0.25, -0.2) is 17.9 Å². The van der Waals surface area contributed by atoms with E-state index in [9.17, 15) is 31.5 Å². The third kappa shape index (κ3) is 4.77. The van der Waals surface area contributed by atoms with Crippen molar-refractivity contribution in [2.45, 2.75) is 30.0 Å². The molecule has 2 aromatic rings. The lowest BCUT2D eigenvalue weighted by Gasteiger charge is -2.24. The number of aromatic carboxylic acids is 1. The number of hydrogen-bond donors (Lipinski definition) is 3. The fourth-order valence-electron chi connectivity index (χ4n) is 3.30. The summed E-state index contributed by atoms with van der Waals surface area (Å²) in [5, 5.41) is 12.8. The van der Waals surface area contributed by atoms with Crippen LogP contribution in [0.1, 0.15) is 28.8 Å². The van der Waals surface area contributed by atoms with Gasteiger partial charge in [0.2, 0.25) is 10.0 Å². The molecule has 1 aliphatic rings. The number of sulfonamides is 1. The normalized spacial score (nSPS) is 16.0. The molecule has 10 heteroatoms. The number of halogens is 3. The van der Waals surface area contributed by atoms with Crippen LogP contribution in [-0.4, -0.2) is 38.6 Å². The average molecular weight is 428 g/mol. The highest BCUT2D eigenvalue weighted by Crippen LogP contribution is 2.34. The van der Waals surface area contributed by atoms with Crippen molar-refractivity contribution in [3.63, 3.8) is 0 Å². The van der Waals surface area contributed by atoms with Crippen molar-refractivity contribution in [2.24, 2.45) is 0 Å². The van der Waals surface area contributed by atoms with E-state index in [1.807, 2.05) is 0 Å². The highest BCUT2D eigenvalue weighted by molar-refractivity contribution is 7.89. The molecule has 29 heavy (non-hydrogen) atoms. The van der Waals surface area contributed by atoms with Crippen molar-refractivity contribution >= 4 is 16.0 Å². The second kappa shape index (κ2) is 8.13. The van der Waals surface area contributed by atoms with Crippen molar-refractivity contribution in [1.82, 2.24) is 10.0 Å². The Kier molecular flexibility index (Phi) is 5.97. The number of carboxylic acid groups (broad SMARTS) is 1. The molecule has 0 bridgehead atoms. The topological polar surface area (TPSA) is 95.5 Å². The molecule has 1 aliphatic heterocycles. The van der Waals surface area contributed by atoms with E-state index in [-0.39, 0.29) is 17.2 Å². The Hall–Kier alpha value is -2.43. The molecule has 0 amide bonds. The summed E-state index contributed by atoms with van der Waals surface area (Å²) in [7, 11) is -4.19. The molecule has 2 aromatic carbocycles. The maximum Gasteiger partial charge on any atom is 0.416 e. The van der Waals surface area contributed by atoms with Crippen molar-refractivity contribution in [3.05, 3.63) is 53.6 Å². The number of alkyl halides is 3. The summed E-state index contributed by atoms with van der Waals surface area (Å²) in [4.78, 5) is 11.4. The van der Waals surface area contributed by atoms with Crippen molar-refractivity contribution in [1.29, 1.82) is 0 Å². The quantitative estimate of drug-likeness (QED) is 0.680. The van der Waals surface area contributed by atoms with Crippen LogP contribution in [0.5, 0.6) is 0 Å². The molecule has 3 N–H and O–H groups in total. The second-order valence-corrected chi connectivity index (χ2v) is 8.39. The summed E-state index contributed by atoms with van der Waals surface area (Å²) < 4.78 is 67.4. The number of piperidine rings is 1. The van der Waals surface area contributed by atoms with Gasteiger partial charge >= 0.3 is 12.1 Å². The van der Waals surface area contributed by atoms with Gasteiger partial charge in [-0.2, -0.15) is 13.2 Å². The number of rotatable bonds is 5. The maximum atomic E-state index is 13.0. The minimum absolute atomic E-state index is 0.0314. The summed E-state index contributed by atoms with van der Waals surface area (Å²) in [5.41, 5.74) is -1.64. The average Bonchev–Trinajstić information content (AvgIpc) is 2.67. The van der Waals surface area contributed by atoms with Crippen LogP contribution in [0.3, 0.4) is 0 Å². The fourth-order valence-corrected chi connectivity index (χ4v) is 4.83. The van der Waals surface area contributed by atoms with Gasteiger partial charge in [-0.3, -0.25) is 0 Å². The van der Waals surface area contributed by atoms with Gasteiger partial charge in [0.25, 0.3) is 0 Å². The van der Waals surface area contributed by atoms with E-state index in [1.165, 1.54) is 18.2 Å². The van der Waals surface area contributed by atoms with Gasteiger partial charge in [-0.05, 0) is 55.3 Å². The third-order valence-corrected chi connectivity index (χ3v) is 6.25. The van der Waals surface area contributed by atoms with Gasteiger partial charge in [0.15, 0.2) is 0 Å². The van der Waals surface area contributed by atoms with Crippen LogP contribution < -0.4 is 10.0 Å². The van der Waals surface area contributed by atoms with Crippen LogP contribution in [-0.2, 0) is 16.2 Å². The van der Waals surface area contributed by atoms with Gasteiger partial charge in [-0.15, -0.1) is 0 Å². The van der Waals surface area contributed by atoms with Crippen LogP contribution in [0.4, 0.5) is 13.2 Å². The molecule has 3 rings (SSSR count). The molecule has 1 saturated heterocycles. The summed E-state index contributed by atoms with van der Waals surface area (Å²) in [6.07, 6.45) is -3.51. The first-order valence-corrected chi connectivity index (χ1v) is 10.3. The first kappa shape index (κ1) is 21.3. The lowest BCUT2D eigenvalue weighted by Crippen LogP contribution is -2.43.